The molecule has 0 fully saturated rings. The van der Waals surface area contributed by atoms with Gasteiger partial charge in [-0.05, 0) is 25.3 Å². The molecule has 3 nitrogen and oxygen atoms in total. The number of benzene rings is 1. The molecule has 1 atom stereocenters. The van der Waals surface area contributed by atoms with Crippen molar-refractivity contribution in [3.8, 4) is 17.2 Å². The molecule has 3 heteroatoms. The third kappa shape index (κ3) is 1.94. The molecule has 1 aliphatic rings. The second kappa shape index (κ2) is 4.64. The number of rotatable bonds is 4. The Morgan fingerprint density at radius 2 is 1.94 bits per heavy atom. The highest BCUT2D eigenvalue weighted by atomic mass is 16.7. The molecule has 1 aliphatic heterocycles. The third-order valence-electron chi connectivity index (χ3n) is 2.95. The van der Waals surface area contributed by atoms with Crippen LogP contribution in [0.25, 0.3) is 0 Å². The molecule has 88 valence electrons. The highest BCUT2D eigenvalue weighted by Crippen LogP contribution is 2.41. The Kier molecular flexibility index (Phi) is 3.22. The maximum absolute atomic E-state index is 5.65. The summed E-state index contributed by atoms with van der Waals surface area (Å²) in [5.41, 5.74) is 1.20. The molecule has 2 rings (SSSR count). The summed E-state index contributed by atoms with van der Waals surface area (Å²) in [5, 5.41) is 0. The maximum Gasteiger partial charge on any atom is 0.231 e. The summed E-state index contributed by atoms with van der Waals surface area (Å²) in [6.45, 7) is 7.34. The van der Waals surface area contributed by atoms with Crippen molar-refractivity contribution in [1.82, 2.24) is 0 Å². The molecule has 0 spiro atoms. The van der Waals surface area contributed by atoms with E-state index in [-0.39, 0.29) is 0 Å². The highest BCUT2D eigenvalue weighted by molar-refractivity contribution is 5.52. The van der Waals surface area contributed by atoms with E-state index < -0.39 is 0 Å². The molecule has 0 radical (unpaired) electrons. The van der Waals surface area contributed by atoms with E-state index in [0.29, 0.717) is 19.3 Å². The molecule has 0 bridgehead atoms. The quantitative estimate of drug-likeness (QED) is 0.782. The van der Waals surface area contributed by atoms with Crippen molar-refractivity contribution >= 4 is 0 Å². The standard InChI is InChI=1S/C13H18O3/c1-4-9(3)10-6-12-13(16-8-15-12)7-11(10)14-5-2/h6-7,9H,4-5,8H2,1-3H3. The van der Waals surface area contributed by atoms with Crippen molar-refractivity contribution in [2.75, 3.05) is 13.4 Å². The van der Waals surface area contributed by atoms with Crippen LogP contribution in [0.3, 0.4) is 0 Å². The SMILES string of the molecule is CCOc1cc2c(cc1C(C)CC)OCO2. The zero-order valence-corrected chi connectivity index (χ0v) is 10.1. The lowest BCUT2D eigenvalue weighted by molar-refractivity contribution is 0.173. The van der Waals surface area contributed by atoms with Crippen LogP contribution in [-0.2, 0) is 0 Å². The van der Waals surface area contributed by atoms with E-state index in [1.165, 1.54) is 5.56 Å². The van der Waals surface area contributed by atoms with Crippen molar-refractivity contribution < 1.29 is 14.2 Å². The van der Waals surface area contributed by atoms with Gasteiger partial charge < -0.3 is 14.2 Å². The van der Waals surface area contributed by atoms with Gasteiger partial charge in [-0.15, -0.1) is 0 Å². The molecule has 0 aromatic heterocycles. The van der Waals surface area contributed by atoms with Gasteiger partial charge in [0.15, 0.2) is 11.5 Å². The van der Waals surface area contributed by atoms with Gasteiger partial charge in [-0.25, -0.2) is 0 Å². The van der Waals surface area contributed by atoms with E-state index in [1.807, 2.05) is 19.1 Å². The lowest BCUT2D eigenvalue weighted by atomic mass is 9.97. The summed E-state index contributed by atoms with van der Waals surface area (Å²) in [7, 11) is 0. The van der Waals surface area contributed by atoms with Crippen molar-refractivity contribution in [1.29, 1.82) is 0 Å². The number of ether oxygens (including phenoxy) is 3. The summed E-state index contributed by atoms with van der Waals surface area (Å²) in [4.78, 5) is 0. The molecular formula is C13H18O3. The Bertz CT molecular complexity index is 374. The smallest absolute Gasteiger partial charge is 0.231 e. The predicted octanol–water partition coefficient (Wildman–Crippen LogP) is 3.33. The molecular weight excluding hydrogens is 204 g/mol. The van der Waals surface area contributed by atoms with Crippen LogP contribution < -0.4 is 14.2 Å². The first kappa shape index (κ1) is 11.1. The zero-order valence-electron chi connectivity index (χ0n) is 10.1. The van der Waals surface area contributed by atoms with Crippen LogP contribution in [0.2, 0.25) is 0 Å². The van der Waals surface area contributed by atoms with Crippen LogP contribution in [-0.4, -0.2) is 13.4 Å². The Hall–Kier alpha value is -1.38. The molecule has 0 aliphatic carbocycles. The first-order valence-electron chi connectivity index (χ1n) is 5.82. The van der Waals surface area contributed by atoms with E-state index in [2.05, 4.69) is 13.8 Å². The van der Waals surface area contributed by atoms with E-state index in [0.717, 1.165) is 23.7 Å². The Balaban J connectivity index is 2.40. The van der Waals surface area contributed by atoms with Gasteiger partial charge in [0.25, 0.3) is 0 Å². The maximum atomic E-state index is 5.65. The molecule has 1 heterocycles. The fourth-order valence-corrected chi connectivity index (χ4v) is 1.82. The summed E-state index contributed by atoms with van der Waals surface area (Å²) in [5.74, 6) is 3.01. The lowest BCUT2D eigenvalue weighted by Gasteiger charge is -2.15. The first-order chi connectivity index (χ1) is 7.76. The van der Waals surface area contributed by atoms with Crippen molar-refractivity contribution in [3.63, 3.8) is 0 Å². The fourth-order valence-electron chi connectivity index (χ4n) is 1.82. The average Bonchev–Trinajstić information content (AvgIpc) is 2.74. The summed E-state index contributed by atoms with van der Waals surface area (Å²) in [6, 6.07) is 3.98. The van der Waals surface area contributed by atoms with Crippen molar-refractivity contribution in [2.45, 2.75) is 33.1 Å². The van der Waals surface area contributed by atoms with Gasteiger partial charge in [-0.2, -0.15) is 0 Å². The molecule has 1 unspecified atom stereocenters. The van der Waals surface area contributed by atoms with Gasteiger partial charge in [-0.3, -0.25) is 0 Å². The van der Waals surface area contributed by atoms with E-state index in [4.69, 9.17) is 14.2 Å². The van der Waals surface area contributed by atoms with Gasteiger partial charge in [-0.1, -0.05) is 13.8 Å². The molecule has 0 saturated carbocycles. The second-order valence-corrected chi connectivity index (χ2v) is 3.99. The van der Waals surface area contributed by atoms with Gasteiger partial charge in [0.05, 0.1) is 6.61 Å². The highest BCUT2D eigenvalue weighted by Gasteiger charge is 2.20. The van der Waals surface area contributed by atoms with Crippen molar-refractivity contribution in [2.24, 2.45) is 0 Å². The normalized spacial score (nSPS) is 14.9. The van der Waals surface area contributed by atoms with Crippen LogP contribution in [0, 0.1) is 0 Å². The Morgan fingerprint density at radius 3 is 2.56 bits per heavy atom. The van der Waals surface area contributed by atoms with Gasteiger partial charge in [0.2, 0.25) is 6.79 Å². The summed E-state index contributed by atoms with van der Waals surface area (Å²) >= 11 is 0. The van der Waals surface area contributed by atoms with Gasteiger partial charge >= 0.3 is 0 Å². The van der Waals surface area contributed by atoms with E-state index >= 15 is 0 Å². The fraction of sp³-hybridized carbons (Fsp3) is 0.538. The van der Waals surface area contributed by atoms with E-state index in [1.54, 1.807) is 0 Å². The number of hydrogen-bond acceptors (Lipinski definition) is 3. The van der Waals surface area contributed by atoms with Crippen molar-refractivity contribution in [3.05, 3.63) is 17.7 Å². The van der Waals surface area contributed by atoms with Gasteiger partial charge in [0.1, 0.15) is 5.75 Å². The third-order valence-corrected chi connectivity index (χ3v) is 2.95. The Morgan fingerprint density at radius 1 is 1.25 bits per heavy atom. The molecule has 0 saturated heterocycles. The minimum absolute atomic E-state index is 0.310. The molecule has 1 aromatic carbocycles. The molecule has 16 heavy (non-hydrogen) atoms. The topological polar surface area (TPSA) is 27.7 Å². The Labute approximate surface area is 96.3 Å². The minimum Gasteiger partial charge on any atom is -0.493 e. The second-order valence-electron chi connectivity index (χ2n) is 3.99. The number of hydrogen-bond donors (Lipinski definition) is 0. The van der Waals surface area contributed by atoms with E-state index in [9.17, 15) is 0 Å². The zero-order chi connectivity index (χ0) is 11.5. The van der Waals surface area contributed by atoms with Crippen LogP contribution in [0.4, 0.5) is 0 Å². The number of fused-ring (bicyclic) bond motifs is 1. The molecule has 0 N–H and O–H groups in total. The monoisotopic (exact) mass is 222 g/mol. The van der Waals surface area contributed by atoms with Crippen LogP contribution in [0.15, 0.2) is 12.1 Å². The summed E-state index contributed by atoms with van der Waals surface area (Å²) < 4.78 is 16.4. The summed E-state index contributed by atoms with van der Waals surface area (Å²) in [6.07, 6.45) is 1.08. The lowest BCUT2D eigenvalue weighted by Crippen LogP contribution is -1.99. The van der Waals surface area contributed by atoms with Crippen LogP contribution in [0.1, 0.15) is 38.7 Å². The molecule has 0 amide bonds. The first-order valence-corrected chi connectivity index (χ1v) is 5.82. The average molecular weight is 222 g/mol. The van der Waals surface area contributed by atoms with Gasteiger partial charge in [0, 0.05) is 11.6 Å². The minimum atomic E-state index is 0.310. The predicted molar refractivity (Wildman–Crippen MR) is 62.4 cm³/mol. The van der Waals surface area contributed by atoms with Crippen LogP contribution >= 0.6 is 0 Å². The van der Waals surface area contributed by atoms with Crippen LogP contribution in [0.5, 0.6) is 17.2 Å². The molecule has 1 aromatic rings. The largest absolute Gasteiger partial charge is 0.493 e.